The van der Waals surface area contributed by atoms with Gasteiger partial charge in [0.2, 0.25) is 0 Å². The Hall–Kier alpha value is -2.95. The zero-order valence-corrected chi connectivity index (χ0v) is 29.8. The highest BCUT2D eigenvalue weighted by molar-refractivity contribution is 7.87. The van der Waals surface area contributed by atoms with Gasteiger partial charge in [-0.2, -0.15) is 17.4 Å². The molecular formula is C34H50FN7O6S. The molecule has 1 spiro atoms. The molecular weight excluding hydrogens is 653 g/mol. The molecule has 5 heterocycles. The minimum absolute atomic E-state index is 0.00582. The fourth-order valence-corrected chi connectivity index (χ4v) is 9.42. The molecule has 4 fully saturated rings. The second kappa shape index (κ2) is 14.3. The summed E-state index contributed by atoms with van der Waals surface area (Å²) in [6, 6.07) is 3.53. The average molecular weight is 704 g/mol. The van der Waals surface area contributed by atoms with Crippen LogP contribution in [0, 0.1) is 11.2 Å². The van der Waals surface area contributed by atoms with Crippen LogP contribution in [0.4, 0.5) is 10.2 Å². The van der Waals surface area contributed by atoms with Crippen LogP contribution in [0.1, 0.15) is 76.6 Å². The number of carbonyl (C=O) groups excluding carboxylic acids is 1. The Balaban J connectivity index is 1.01. The Labute approximate surface area is 288 Å². The SMILES string of the molecule is CCN(C(=O)c1cc(F)ccc1Oc1cncnc1N1CC2(CCN(C[C@@]3(O)CC[C@@H](NS(=O)(=O)N4CCC[C@H]4C)CO3)CC2)C1)C(C)C. The van der Waals surface area contributed by atoms with Crippen molar-refractivity contribution >= 4 is 21.9 Å². The van der Waals surface area contributed by atoms with Crippen molar-refractivity contribution in [3.63, 3.8) is 0 Å². The maximum absolute atomic E-state index is 14.3. The quantitative estimate of drug-likeness (QED) is 0.358. The number of ether oxygens (including phenoxy) is 2. The number of halogens is 1. The number of anilines is 1. The van der Waals surface area contributed by atoms with Gasteiger partial charge in [-0.15, -0.1) is 0 Å². The van der Waals surface area contributed by atoms with E-state index < -0.39 is 21.8 Å². The van der Waals surface area contributed by atoms with Crippen LogP contribution in [0.3, 0.4) is 0 Å². The van der Waals surface area contributed by atoms with Gasteiger partial charge in [0.1, 0.15) is 17.9 Å². The van der Waals surface area contributed by atoms with E-state index in [0.29, 0.717) is 44.0 Å². The highest BCUT2D eigenvalue weighted by Gasteiger charge is 2.47. The van der Waals surface area contributed by atoms with Crippen LogP contribution < -0.4 is 14.4 Å². The molecule has 0 unspecified atom stereocenters. The largest absolute Gasteiger partial charge is 0.451 e. The fraction of sp³-hybridized carbons (Fsp3) is 0.676. The lowest BCUT2D eigenvalue weighted by atomic mass is 9.72. The standard InChI is InChI=1S/C34H50FN7O6S/c1-5-41(24(2)3)32(43)28-17-26(35)8-9-29(28)48-30-18-36-23-37-31(30)40-20-33(21-40)12-15-39(16-13-33)22-34(44)11-10-27(19-47-34)38-49(45,46)42-14-6-7-25(42)4/h8-9,17-18,23-25,27,38,44H,5-7,10-16,19-22H2,1-4H3/t25-,27-,34-/m1/s1. The lowest BCUT2D eigenvalue weighted by Gasteiger charge is -2.55. The molecule has 1 aromatic heterocycles. The van der Waals surface area contributed by atoms with Crippen molar-refractivity contribution in [3.8, 4) is 11.5 Å². The number of nitrogens with zero attached hydrogens (tertiary/aromatic N) is 6. The van der Waals surface area contributed by atoms with Gasteiger partial charge in [0.15, 0.2) is 17.4 Å². The monoisotopic (exact) mass is 703 g/mol. The lowest BCUT2D eigenvalue weighted by molar-refractivity contribution is -0.239. The van der Waals surface area contributed by atoms with Crippen LogP contribution in [0.2, 0.25) is 0 Å². The van der Waals surface area contributed by atoms with Gasteiger partial charge in [-0.3, -0.25) is 9.69 Å². The number of aliphatic hydroxyl groups is 1. The Bertz CT molecular complexity index is 1590. The summed E-state index contributed by atoms with van der Waals surface area (Å²) in [7, 11) is -3.58. The summed E-state index contributed by atoms with van der Waals surface area (Å²) >= 11 is 0. The van der Waals surface area contributed by atoms with E-state index in [9.17, 15) is 22.7 Å². The van der Waals surface area contributed by atoms with Gasteiger partial charge in [0.25, 0.3) is 16.1 Å². The van der Waals surface area contributed by atoms with E-state index in [1.165, 1.54) is 28.8 Å². The first kappa shape index (κ1) is 35.9. The number of amides is 1. The van der Waals surface area contributed by atoms with E-state index >= 15 is 0 Å². The Morgan fingerprint density at radius 1 is 1.18 bits per heavy atom. The molecule has 6 rings (SSSR count). The van der Waals surface area contributed by atoms with Crippen molar-refractivity contribution in [2.24, 2.45) is 5.41 Å². The Kier molecular flexibility index (Phi) is 10.5. The fourth-order valence-electron chi connectivity index (χ4n) is 7.73. The van der Waals surface area contributed by atoms with E-state index in [4.69, 9.17) is 9.47 Å². The molecule has 0 bridgehead atoms. The summed E-state index contributed by atoms with van der Waals surface area (Å²) in [5.74, 6) is -0.863. The molecule has 13 nitrogen and oxygen atoms in total. The third kappa shape index (κ3) is 7.86. The van der Waals surface area contributed by atoms with E-state index in [1.54, 1.807) is 11.1 Å². The Morgan fingerprint density at radius 2 is 1.94 bits per heavy atom. The van der Waals surface area contributed by atoms with Crippen LogP contribution in [0.15, 0.2) is 30.7 Å². The molecule has 1 amide bonds. The van der Waals surface area contributed by atoms with Crippen molar-refractivity contribution in [2.75, 3.05) is 57.3 Å². The molecule has 2 N–H and O–H groups in total. The second-order valence-electron chi connectivity index (χ2n) is 14.5. The number of hydrogen-bond donors (Lipinski definition) is 2. The van der Waals surface area contributed by atoms with E-state index in [2.05, 4.69) is 24.5 Å². The number of carbonyl (C=O) groups is 1. The maximum atomic E-state index is 14.3. The maximum Gasteiger partial charge on any atom is 0.280 e. The zero-order valence-electron chi connectivity index (χ0n) is 29.0. The van der Waals surface area contributed by atoms with Gasteiger partial charge in [-0.05, 0) is 91.1 Å². The van der Waals surface area contributed by atoms with E-state index in [0.717, 1.165) is 51.9 Å². The van der Waals surface area contributed by atoms with E-state index in [-0.39, 0.29) is 47.4 Å². The molecule has 49 heavy (non-hydrogen) atoms. The molecule has 270 valence electrons. The van der Waals surface area contributed by atoms with Crippen molar-refractivity contribution in [2.45, 2.75) is 90.1 Å². The first-order chi connectivity index (χ1) is 23.3. The van der Waals surface area contributed by atoms with Crippen LogP contribution in [-0.2, 0) is 14.9 Å². The lowest BCUT2D eigenvalue weighted by Crippen LogP contribution is -2.62. The zero-order chi connectivity index (χ0) is 35.0. The second-order valence-corrected chi connectivity index (χ2v) is 16.1. The topological polar surface area (TPSA) is 141 Å². The Morgan fingerprint density at radius 3 is 2.57 bits per heavy atom. The summed E-state index contributed by atoms with van der Waals surface area (Å²) in [4.78, 5) is 28.1. The van der Waals surface area contributed by atoms with Gasteiger partial charge in [-0.25, -0.2) is 14.4 Å². The van der Waals surface area contributed by atoms with Crippen LogP contribution in [0.25, 0.3) is 0 Å². The number of rotatable bonds is 11. The number of hydrogen-bond acceptors (Lipinski definition) is 10. The highest BCUT2D eigenvalue weighted by Crippen LogP contribution is 2.45. The number of piperidine rings is 1. The highest BCUT2D eigenvalue weighted by atomic mass is 32.2. The molecule has 0 saturated carbocycles. The number of β-amino-alcohol motifs (C(OH)–C–C–N with tert-alkyl or cyclic N) is 1. The van der Waals surface area contributed by atoms with Gasteiger partial charge in [0, 0.05) is 56.1 Å². The van der Waals surface area contributed by atoms with Gasteiger partial charge < -0.3 is 24.4 Å². The van der Waals surface area contributed by atoms with Gasteiger partial charge in [0.05, 0.1) is 24.9 Å². The summed E-state index contributed by atoms with van der Waals surface area (Å²) in [5, 5.41) is 11.2. The van der Waals surface area contributed by atoms with Crippen LogP contribution in [0.5, 0.6) is 11.5 Å². The molecule has 4 aliphatic heterocycles. The summed E-state index contributed by atoms with van der Waals surface area (Å²) in [5.41, 5.74) is 0.246. The number of likely N-dealkylation sites (tertiary alicyclic amines) is 1. The van der Waals surface area contributed by atoms with E-state index in [1.807, 2.05) is 27.7 Å². The number of aromatic nitrogens is 2. The van der Waals surface area contributed by atoms with Crippen LogP contribution >= 0.6 is 0 Å². The molecule has 15 heteroatoms. The first-order valence-corrected chi connectivity index (χ1v) is 19.0. The molecule has 2 aromatic rings. The molecule has 4 aliphatic rings. The van der Waals surface area contributed by atoms with Gasteiger partial charge >= 0.3 is 0 Å². The minimum atomic E-state index is -3.58. The minimum Gasteiger partial charge on any atom is -0.451 e. The summed E-state index contributed by atoms with van der Waals surface area (Å²) in [6.45, 7) is 12.3. The van der Waals surface area contributed by atoms with Crippen molar-refractivity contribution in [1.29, 1.82) is 0 Å². The smallest absolute Gasteiger partial charge is 0.280 e. The third-order valence-electron chi connectivity index (χ3n) is 10.6. The van der Waals surface area contributed by atoms with Gasteiger partial charge in [-0.1, -0.05) is 0 Å². The van der Waals surface area contributed by atoms with Crippen molar-refractivity contribution in [1.82, 2.24) is 28.8 Å². The molecule has 0 radical (unpaired) electrons. The van der Waals surface area contributed by atoms with Crippen molar-refractivity contribution in [3.05, 3.63) is 42.1 Å². The first-order valence-electron chi connectivity index (χ1n) is 17.5. The summed E-state index contributed by atoms with van der Waals surface area (Å²) < 4.78 is 56.4. The molecule has 3 atom stereocenters. The third-order valence-corrected chi connectivity index (χ3v) is 12.4. The molecule has 0 aliphatic carbocycles. The predicted molar refractivity (Wildman–Crippen MR) is 182 cm³/mol. The number of benzene rings is 1. The normalized spacial score (nSPS) is 26.2. The summed E-state index contributed by atoms with van der Waals surface area (Å²) in [6.07, 6.45) is 7.52. The average Bonchev–Trinajstić information content (AvgIpc) is 3.50. The van der Waals surface area contributed by atoms with Crippen LogP contribution in [-0.4, -0.2) is 120 Å². The number of nitrogens with one attached hydrogen (secondary N) is 1. The van der Waals surface area contributed by atoms with Crippen molar-refractivity contribution < 1.29 is 32.2 Å². The molecule has 1 aromatic carbocycles. The molecule has 4 saturated heterocycles. The predicted octanol–water partition coefficient (Wildman–Crippen LogP) is 3.37.